The molecule has 1 aliphatic carbocycles. The van der Waals surface area contributed by atoms with Gasteiger partial charge in [-0.05, 0) is 57.0 Å². The van der Waals surface area contributed by atoms with Crippen molar-refractivity contribution >= 4 is 23.1 Å². The van der Waals surface area contributed by atoms with Crippen LogP contribution in [0.3, 0.4) is 0 Å². The summed E-state index contributed by atoms with van der Waals surface area (Å²) in [6, 6.07) is 11.4. The molecule has 4 aromatic rings. The van der Waals surface area contributed by atoms with E-state index >= 15 is 0 Å². The monoisotopic (exact) mass is 517 g/mol. The SMILES string of the molecule is CC1(C)Cc2cccc(OCC(=O)Nc3cc(-c4cccs4)nn3-c3nc4c(c(=O)[nH]3)CCCC4)c2O1. The molecule has 2 N–H and O–H groups in total. The van der Waals surface area contributed by atoms with Crippen LogP contribution in [-0.4, -0.2) is 37.9 Å². The predicted molar refractivity (Wildman–Crippen MR) is 141 cm³/mol. The Balaban J connectivity index is 1.27. The van der Waals surface area contributed by atoms with E-state index in [-0.39, 0.29) is 29.6 Å². The number of benzene rings is 1. The second kappa shape index (κ2) is 9.19. The quantitative estimate of drug-likeness (QED) is 0.395. The molecule has 10 heteroatoms. The number of carbonyl (C=O) groups excluding carboxylic acids is 1. The molecule has 1 amide bonds. The number of thiophene rings is 1. The highest BCUT2D eigenvalue weighted by Crippen LogP contribution is 2.41. The van der Waals surface area contributed by atoms with E-state index < -0.39 is 0 Å². The van der Waals surface area contributed by atoms with Crippen molar-refractivity contribution in [3.05, 3.63) is 69.0 Å². The number of nitrogens with zero attached hydrogens (tertiary/aromatic N) is 3. The highest BCUT2D eigenvalue weighted by atomic mass is 32.1. The summed E-state index contributed by atoms with van der Waals surface area (Å²) in [4.78, 5) is 34.2. The number of ether oxygens (including phenoxy) is 2. The number of carbonyl (C=O) groups is 1. The van der Waals surface area contributed by atoms with Crippen LogP contribution in [-0.2, 0) is 24.1 Å². The number of hydrogen-bond donors (Lipinski definition) is 2. The zero-order valence-electron chi connectivity index (χ0n) is 20.7. The predicted octanol–water partition coefficient (Wildman–Crippen LogP) is 4.29. The van der Waals surface area contributed by atoms with Gasteiger partial charge in [0.2, 0.25) is 5.95 Å². The second-order valence-corrected chi connectivity index (χ2v) is 10.9. The summed E-state index contributed by atoms with van der Waals surface area (Å²) < 4.78 is 13.4. The van der Waals surface area contributed by atoms with Crippen LogP contribution in [0.4, 0.5) is 5.82 Å². The van der Waals surface area contributed by atoms with Gasteiger partial charge in [0.25, 0.3) is 11.5 Å². The summed E-state index contributed by atoms with van der Waals surface area (Å²) in [7, 11) is 0. The number of aromatic nitrogens is 4. The molecule has 0 bridgehead atoms. The lowest BCUT2D eigenvalue weighted by Gasteiger charge is -2.18. The lowest BCUT2D eigenvalue weighted by Crippen LogP contribution is -2.26. The number of anilines is 1. The van der Waals surface area contributed by atoms with Crippen LogP contribution in [0.25, 0.3) is 16.5 Å². The lowest BCUT2D eigenvalue weighted by molar-refractivity contribution is -0.118. The number of H-pyrrole nitrogens is 1. The Bertz CT molecular complexity index is 1540. The Hall–Kier alpha value is -3.92. The van der Waals surface area contributed by atoms with E-state index in [1.807, 2.05) is 43.5 Å². The molecule has 2 aliphatic rings. The molecule has 190 valence electrons. The van der Waals surface area contributed by atoms with Gasteiger partial charge in [0.05, 0.1) is 10.6 Å². The van der Waals surface area contributed by atoms with Crippen molar-refractivity contribution in [2.45, 2.75) is 51.6 Å². The molecule has 0 fully saturated rings. The average Bonchev–Trinajstić information content (AvgIpc) is 3.60. The number of aromatic amines is 1. The molecule has 0 radical (unpaired) electrons. The molecule has 0 spiro atoms. The van der Waals surface area contributed by atoms with E-state index in [4.69, 9.17) is 14.5 Å². The van der Waals surface area contributed by atoms with Crippen molar-refractivity contribution in [3.63, 3.8) is 0 Å². The zero-order chi connectivity index (χ0) is 25.6. The van der Waals surface area contributed by atoms with Gasteiger partial charge in [0, 0.05) is 23.6 Å². The minimum absolute atomic E-state index is 0.158. The van der Waals surface area contributed by atoms with E-state index in [9.17, 15) is 9.59 Å². The summed E-state index contributed by atoms with van der Waals surface area (Å²) in [5.41, 5.74) is 2.79. The molecule has 4 heterocycles. The maximum Gasteiger partial charge on any atom is 0.263 e. The third-order valence-corrected chi connectivity index (χ3v) is 7.44. The Labute approximate surface area is 217 Å². The third-order valence-electron chi connectivity index (χ3n) is 6.54. The molecule has 0 unspecified atom stereocenters. The van der Waals surface area contributed by atoms with E-state index in [1.165, 1.54) is 16.0 Å². The number of rotatable bonds is 6. The molecule has 9 nitrogen and oxygen atoms in total. The van der Waals surface area contributed by atoms with Crippen molar-refractivity contribution in [2.75, 3.05) is 11.9 Å². The Morgan fingerprint density at radius 2 is 2.11 bits per heavy atom. The highest BCUT2D eigenvalue weighted by Gasteiger charge is 2.32. The first kappa shape index (κ1) is 23.5. The van der Waals surface area contributed by atoms with Crippen molar-refractivity contribution in [2.24, 2.45) is 0 Å². The molecule has 0 saturated heterocycles. The van der Waals surface area contributed by atoms with Gasteiger partial charge >= 0.3 is 0 Å². The second-order valence-electron chi connectivity index (χ2n) is 9.95. The number of hydrogen-bond acceptors (Lipinski definition) is 7. The van der Waals surface area contributed by atoms with Gasteiger partial charge in [-0.1, -0.05) is 18.2 Å². The van der Waals surface area contributed by atoms with Gasteiger partial charge in [-0.15, -0.1) is 11.3 Å². The summed E-state index contributed by atoms with van der Waals surface area (Å²) in [5.74, 6) is 1.52. The van der Waals surface area contributed by atoms with Gasteiger partial charge in [-0.25, -0.2) is 4.98 Å². The summed E-state index contributed by atoms with van der Waals surface area (Å²) in [6.07, 6.45) is 4.23. The number of amides is 1. The summed E-state index contributed by atoms with van der Waals surface area (Å²) in [6.45, 7) is 3.83. The molecule has 0 atom stereocenters. The van der Waals surface area contributed by atoms with Crippen LogP contribution in [0.5, 0.6) is 11.5 Å². The van der Waals surface area contributed by atoms with E-state index in [0.717, 1.165) is 53.8 Å². The van der Waals surface area contributed by atoms with Gasteiger partial charge in [-0.2, -0.15) is 9.78 Å². The largest absolute Gasteiger partial charge is 0.483 e. The van der Waals surface area contributed by atoms with Gasteiger partial charge in [-0.3, -0.25) is 14.6 Å². The fourth-order valence-electron chi connectivity index (χ4n) is 4.89. The van der Waals surface area contributed by atoms with Crippen molar-refractivity contribution in [1.29, 1.82) is 0 Å². The number of nitrogens with one attached hydrogen (secondary N) is 2. The van der Waals surface area contributed by atoms with Gasteiger partial charge in [0.15, 0.2) is 18.1 Å². The van der Waals surface area contributed by atoms with E-state index in [2.05, 4.69) is 15.4 Å². The average molecular weight is 518 g/mol. The van der Waals surface area contributed by atoms with Crippen LogP contribution < -0.4 is 20.3 Å². The molecule has 0 saturated carbocycles. The minimum Gasteiger partial charge on any atom is -0.483 e. The smallest absolute Gasteiger partial charge is 0.263 e. The van der Waals surface area contributed by atoms with Gasteiger partial charge < -0.3 is 14.8 Å². The molecule has 1 aromatic carbocycles. The van der Waals surface area contributed by atoms with Crippen LogP contribution in [0.15, 0.2) is 46.6 Å². The lowest BCUT2D eigenvalue weighted by atomic mass is 9.97. The van der Waals surface area contributed by atoms with E-state index in [0.29, 0.717) is 23.0 Å². The molecule has 37 heavy (non-hydrogen) atoms. The van der Waals surface area contributed by atoms with Crippen molar-refractivity contribution in [3.8, 4) is 28.0 Å². The molecular formula is C27H27N5O4S. The maximum absolute atomic E-state index is 13.0. The first-order chi connectivity index (χ1) is 17.9. The third kappa shape index (κ3) is 4.64. The zero-order valence-corrected chi connectivity index (χ0v) is 21.5. The molecule has 1 aliphatic heterocycles. The Morgan fingerprint density at radius 1 is 1.24 bits per heavy atom. The number of para-hydroxylation sites is 1. The fraction of sp³-hybridized carbons (Fsp3) is 0.333. The minimum atomic E-state index is -0.367. The van der Waals surface area contributed by atoms with Crippen LogP contribution in [0, 0.1) is 0 Å². The maximum atomic E-state index is 13.0. The number of aryl methyl sites for hydroxylation is 1. The first-order valence-electron chi connectivity index (χ1n) is 12.4. The summed E-state index contributed by atoms with van der Waals surface area (Å²) >= 11 is 1.54. The molecule has 3 aromatic heterocycles. The Morgan fingerprint density at radius 3 is 2.95 bits per heavy atom. The number of fused-ring (bicyclic) bond motifs is 2. The normalized spacial score (nSPS) is 15.5. The first-order valence-corrected chi connectivity index (χ1v) is 13.2. The fourth-order valence-corrected chi connectivity index (χ4v) is 5.57. The van der Waals surface area contributed by atoms with Crippen molar-refractivity contribution in [1.82, 2.24) is 19.7 Å². The van der Waals surface area contributed by atoms with Crippen LogP contribution in [0.2, 0.25) is 0 Å². The molecule has 6 rings (SSSR count). The Kier molecular flexibility index (Phi) is 5.83. The molecular weight excluding hydrogens is 490 g/mol. The van der Waals surface area contributed by atoms with Crippen LogP contribution in [0.1, 0.15) is 43.5 Å². The van der Waals surface area contributed by atoms with Gasteiger partial charge in [0.1, 0.15) is 17.1 Å². The standard InChI is InChI=1S/C27H27N5O4S/c1-27(2)14-16-7-5-10-20(24(16)36-27)35-15-23(33)29-22-13-19(21-11-6-12-37-21)31-32(22)26-28-18-9-4-3-8-17(18)25(34)30-26/h5-7,10-13H,3-4,8-9,14-15H2,1-2H3,(H,29,33)(H,28,30,34). The van der Waals surface area contributed by atoms with E-state index in [1.54, 1.807) is 12.1 Å². The van der Waals surface area contributed by atoms with Crippen molar-refractivity contribution < 1.29 is 14.3 Å². The topological polar surface area (TPSA) is 111 Å². The van der Waals surface area contributed by atoms with Crippen LogP contribution >= 0.6 is 11.3 Å². The summed E-state index contributed by atoms with van der Waals surface area (Å²) in [5, 5.41) is 9.51. The highest BCUT2D eigenvalue weighted by molar-refractivity contribution is 7.13.